The van der Waals surface area contributed by atoms with Crippen molar-refractivity contribution < 1.29 is 0 Å². The number of aromatic nitrogens is 2. The second kappa shape index (κ2) is 6.41. The first-order valence-electron chi connectivity index (χ1n) is 8.63. The van der Waals surface area contributed by atoms with E-state index >= 15 is 0 Å². The lowest BCUT2D eigenvalue weighted by Gasteiger charge is -2.37. The van der Waals surface area contributed by atoms with Gasteiger partial charge in [0.05, 0.1) is 5.69 Å². The van der Waals surface area contributed by atoms with Crippen molar-refractivity contribution in [1.29, 1.82) is 0 Å². The third-order valence-electron chi connectivity index (χ3n) is 5.54. The van der Waals surface area contributed by atoms with Gasteiger partial charge in [0.15, 0.2) is 0 Å². The molecule has 0 spiro atoms. The molecule has 1 atom stereocenters. The van der Waals surface area contributed by atoms with Crippen LogP contribution < -0.4 is 16.4 Å². The van der Waals surface area contributed by atoms with Gasteiger partial charge in [-0.25, -0.2) is 4.98 Å². The van der Waals surface area contributed by atoms with Gasteiger partial charge in [-0.15, -0.1) is 0 Å². The second-order valence-electron chi connectivity index (χ2n) is 7.18. The molecule has 4 N–H and O–H groups in total. The largest absolute Gasteiger partial charge is 0.368 e. The van der Waals surface area contributed by atoms with Crippen LogP contribution >= 0.6 is 0 Å². The van der Waals surface area contributed by atoms with Crippen LogP contribution in [0.4, 0.5) is 11.8 Å². The van der Waals surface area contributed by atoms with Crippen molar-refractivity contribution in [2.45, 2.75) is 50.9 Å². The predicted molar refractivity (Wildman–Crippen MR) is 91.0 cm³/mol. The third kappa shape index (κ3) is 2.91. The number of hydrogen-bond donors (Lipinski definition) is 2. The molecule has 2 aliphatic carbocycles. The Labute approximate surface area is 133 Å². The number of rotatable bonds is 3. The summed E-state index contributed by atoms with van der Waals surface area (Å²) >= 11 is 0. The van der Waals surface area contributed by atoms with Gasteiger partial charge in [0.25, 0.3) is 0 Å². The summed E-state index contributed by atoms with van der Waals surface area (Å²) < 4.78 is 0. The Hall–Kier alpha value is -1.36. The molecule has 1 aromatic heterocycles. The quantitative estimate of drug-likeness (QED) is 0.895. The van der Waals surface area contributed by atoms with E-state index in [2.05, 4.69) is 29.0 Å². The van der Waals surface area contributed by atoms with Gasteiger partial charge in [-0.1, -0.05) is 0 Å². The molecule has 0 amide bonds. The summed E-state index contributed by atoms with van der Waals surface area (Å²) in [5, 5.41) is 0. The van der Waals surface area contributed by atoms with Gasteiger partial charge < -0.3 is 16.4 Å². The van der Waals surface area contributed by atoms with Gasteiger partial charge in [-0.2, -0.15) is 4.98 Å². The van der Waals surface area contributed by atoms with Crippen LogP contribution in [0.2, 0.25) is 0 Å². The number of aryl methyl sites for hydroxylation is 1. The molecule has 0 bridgehead atoms. The monoisotopic (exact) mass is 303 g/mol. The smallest absolute Gasteiger partial charge is 0.222 e. The molecule has 0 aliphatic heterocycles. The lowest BCUT2D eigenvalue weighted by molar-refractivity contribution is 0.233. The van der Waals surface area contributed by atoms with E-state index < -0.39 is 0 Å². The molecule has 0 saturated heterocycles. The van der Waals surface area contributed by atoms with E-state index in [-0.39, 0.29) is 0 Å². The van der Waals surface area contributed by atoms with E-state index in [1.807, 2.05) is 0 Å². The van der Waals surface area contributed by atoms with Crippen LogP contribution in [-0.2, 0) is 6.42 Å². The number of nitrogens with two attached hydrogens (primary N) is 2. The summed E-state index contributed by atoms with van der Waals surface area (Å²) in [6.07, 6.45) is 8.67. The first kappa shape index (κ1) is 15.5. The SMILES string of the molecule is CN(C)c1nc(N)nc2c1C(C1CCC(CN)CC1)CCC2. The van der Waals surface area contributed by atoms with Crippen molar-refractivity contribution >= 4 is 11.8 Å². The summed E-state index contributed by atoms with van der Waals surface area (Å²) in [5.74, 6) is 3.53. The van der Waals surface area contributed by atoms with Crippen molar-refractivity contribution in [3.8, 4) is 0 Å². The molecule has 22 heavy (non-hydrogen) atoms. The van der Waals surface area contributed by atoms with Crippen LogP contribution in [0, 0.1) is 11.8 Å². The van der Waals surface area contributed by atoms with E-state index in [0.29, 0.717) is 11.9 Å². The van der Waals surface area contributed by atoms with Crippen molar-refractivity contribution in [2.24, 2.45) is 17.6 Å². The number of anilines is 2. The highest BCUT2D eigenvalue weighted by Gasteiger charge is 2.34. The molecule has 122 valence electrons. The normalized spacial score (nSPS) is 28.2. The highest BCUT2D eigenvalue weighted by atomic mass is 15.2. The highest BCUT2D eigenvalue weighted by Crippen LogP contribution is 2.46. The number of hydrogen-bond acceptors (Lipinski definition) is 5. The fourth-order valence-corrected chi connectivity index (χ4v) is 4.36. The fraction of sp³-hybridized carbons (Fsp3) is 0.765. The molecule has 0 aromatic carbocycles. The topological polar surface area (TPSA) is 81.1 Å². The summed E-state index contributed by atoms with van der Waals surface area (Å²) in [5.41, 5.74) is 14.3. The van der Waals surface area contributed by atoms with Crippen molar-refractivity contribution in [1.82, 2.24) is 9.97 Å². The van der Waals surface area contributed by atoms with E-state index in [9.17, 15) is 0 Å². The van der Waals surface area contributed by atoms with Gasteiger partial charge in [0, 0.05) is 19.7 Å². The highest BCUT2D eigenvalue weighted by molar-refractivity contribution is 5.54. The van der Waals surface area contributed by atoms with Crippen LogP contribution in [0.25, 0.3) is 0 Å². The average molecular weight is 303 g/mol. The standard InChI is InChI=1S/C17H29N5/c1-22(2)16-15-13(12-8-6-11(10-18)7-9-12)4-3-5-14(15)20-17(19)21-16/h11-13H,3-10,18H2,1-2H3,(H2,19,20,21). The summed E-state index contributed by atoms with van der Waals surface area (Å²) in [6, 6.07) is 0. The lowest BCUT2D eigenvalue weighted by Crippen LogP contribution is -2.29. The Bertz CT molecular complexity index is 520. The zero-order valence-corrected chi connectivity index (χ0v) is 13.9. The molecule has 1 saturated carbocycles. The molecule has 2 aliphatic rings. The molecule has 1 fully saturated rings. The van der Waals surface area contributed by atoms with Gasteiger partial charge >= 0.3 is 0 Å². The number of nitrogen functional groups attached to an aromatic ring is 1. The van der Waals surface area contributed by atoms with Gasteiger partial charge in [0.1, 0.15) is 5.82 Å². The van der Waals surface area contributed by atoms with Crippen LogP contribution in [0.5, 0.6) is 0 Å². The van der Waals surface area contributed by atoms with Gasteiger partial charge in [0.2, 0.25) is 5.95 Å². The second-order valence-corrected chi connectivity index (χ2v) is 7.18. The fourth-order valence-electron chi connectivity index (χ4n) is 4.36. The number of fused-ring (bicyclic) bond motifs is 1. The minimum absolute atomic E-state index is 0.412. The Morgan fingerprint density at radius 1 is 1.09 bits per heavy atom. The molecule has 5 heteroatoms. The number of nitrogens with zero attached hydrogens (tertiary/aromatic N) is 3. The van der Waals surface area contributed by atoms with E-state index in [1.165, 1.54) is 49.8 Å². The van der Waals surface area contributed by atoms with E-state index in [4.69, 9.17) is 11.5 Å². The van der Waals surface area contributed by atoms with Crippen LogP contribution in [0.15, 0.2) is 0 Å². The zero-order valence-electron chi connectivity index (χ0n) is 13.9. The predicted octanol–water partition coefficient (Wildman–Crippen LogP) is 2.31. The maximum Gasteiger partial charge on any atom is 0.222 e. The average Bonchev–Trinajstić information content (AvgIpc) is 2.53. The van der Waals surface area contributed by atoms with Crippen LogP contribution in [-0.4, -0.2) is 30.6 Å². The van der Waals surface area contributed by atoms with Crippen molar-refractivity contribution in [2.75, 3.05) is 31.3 Å². The Kier molecular flexibility index (Phi) is 4.52. The molecule has 5 nitrogen and oxygen atoms in total. The molecule has 0 radical (unpaired) electrons. The van der Waals surface area contributed by atoms with E-state index in [0.717, 1.165) is 30.6 Å². The molecular weight excluding hydrogens is 274 g/mol. The third-order valence-corrected chi connectivity index (χ3v) is 5.54. The Morgan fingerprint density at radius 3 is 2.45 bits per heavy atom. The summed E-state index contributed by atoms with van der Waals surface area (Å²) in [6.45, 7) is 0.844. The molecule has 1 unspecified atom stereocenters. The summed E-state index contributed by atoms with van der Waals surface area (Å²) in [4.78, 5) is 11.2. The maximum absolute atomic E-state index is 5.92. The van der Waals surface area contributed by atoms with Crippen LogP contribution in [0.3, 0.4) is 0 Å². The first-order valence-corrected chi connectivity index (χ1v) is 8.63. The summed E-state index contributed by atoms with van der Waals surface area (Å²) in [7, 11) is 4.11. The Morgan fingerprint density at radius 2 is 1.82 bits per heavy atom. The Balaban J connectivity index is 1.90. The minimum atomic E-state index is 0.412. The van der Waals surface area contributed by atoms with Crippen LogP contribution in [0.1, 0.15) is 55.7 Å². The maximum atomic E-state index is 5.92. The molecule has 1 aromatic rings. The van der Waals surface area contributed by atoms with Gasteiger partial charge in [-0.3, -0.25) is 0 Å². The minimum Gasteiger partial charge on any atom is -0.368 e. The van der Waals surface area contributed by atoms with Crippen molar-refractivity contribution in [3.63, 3.8) is 0 Å². The molecular formula is C17H29N5. The van der Waals surface area contributed by atoms with Gasteiger partial charge in [-0.05, 0) is 69.2 Å². The zero-order chi connectivity index (χ0) is 15.7. The molecule has 3 rings (SSSR count). The first-order chi connectivity index (χ1) is 10.6. The van der Waals surface area contributed by atoms with Crippen molar-refractivity contribution in [3.05, 3.63) is 11.3 Å². The molecule has 1 heterocycles. The lowest BCUT2D eigenvalue weighted by atomic mass is 9.69. The van der Waals surface area contributed by atoms with E-state index in [1.54, 1.807) is 0 Å².